The lowest BCUT2D eigenvalue weighted by Gasteiger charge is -2.05. The van der Waals surface area contributed by atoms with Crippen molar-refractivity contribution in [2.75, 3.05) is 7.11 Å². The molecular formula is C15H13NO2S. The molecule has 1 N–H and O–H groups in total. The molecule has 0 unspecified atom stereocenters. The lowest BCUT2D eigenvalue weighted by molar-refractivity contribution is 0.411. The van der Waals surface area contributed by atoms with Crippen LogP contribution >= 0.6 is 11.3 Å². The smallest absolute Gasteiger partial charge is 0.119 e. The van der Waals surface area contributed by atoms with Crippen LogP contribution in [0.5, 0.6) is 11.5 Å². The van der Waals surface area contributed by atoms with E-state index < -0.39 is 0 Å². The summed E-state index contributed by atoms with van der Waals surface area (Å²) in [4.78, 5) is 4.57. The first kappa shape index (κ1) is 12.0. The summed E-state index contributed by atoms with van der Waals surface area (Å²) in [6, 6.07) is 13.3. The van der Waals surface area contributed by atoms with Crippen molar-refractivity contribution < 1.29 is 9.84 Å². The van der Waals surface area contributed by atoms with Gasteiger partial charge in [-0.2, -0.15) is 0 Å². The third-order valence-electron chi connectivity index (χ3n) is 2.97. The number of rotatable bonds is 3. The number of fused-ring (bicyclic) bond motifs is 1. The molecule has 0 aliphatic heterocycles. The molecule has 0 spiro atoms. The van der Waals surface area contributed by atoms with Gasteiger partial charge in [0.2, 0.25) is 0 Å². The fourth-order valence-electron chi connectivity index (χ4n) is 1.99. The molecule has 0 bridgehead atoms. The number of hydrogen-bond donors (Lipinski definition) is 1. The zero-order chi connectivity index (χ0) is 13.2. The standard InChI is InChI=1S/C15H13NO2S/c1-18-11-6-7-13(17)10(8-11)9-15-16-12-4-2-3-5-14(12)19-15/h2-8,17H,9H2,1H3. The number of benzene rings is 2. The molecule has 2 aromatic carbocycles. The number of para-hydroxylation sites is 1. The highest BCUT2D eigenvalue weighted by Crippen LogP contribution is 2.28. The van der Waals surface area contributed by atoms with Gasteiger partial charge in [0.15, 0.2) is 0 Å². The molecule has 1 aromatic heterocycles. The normalized spacial score (nSPS) is 10.8. The van der Waals surface area contributed by atoms with Gasteiger partial charge >= 0.3 is 0 Å². The maximum atomic E-state index is 9.89. The monoisotopic (exact) mass is 271 g/mol. The number of phenolic OH excluding ortho intramolecular Hbond substituents is 1. The van der Waals surface area contributed by atoms with E-state index in [1.54, 1.807) is 30.6 Å². The summed E-state index contributed by atoms with van der Waals surface area (Å²) in [6.07, 6.45) is 0.613. The van der Waals surface area contributed by atoms with Gasteiger partial charge in [-0.3, -0.25) is 0 Å². The minimum absolute atomic E-state index is 0.278. The Hall–Kier alpha value is -2.07. The number of phenols is 1. The van der Waals surface area contributed by atoms with Crippen molar-refractivity contribution in [3.05, 3.63) is 53.0 Å². The molecule has 19 heavy (non-hydrogen) atoms. The fraction of sp³-hybridized carbons (Fsp3) is 0.133. The van der Waals surface area contributed by atoms with Gasteiger partial charge in [0, 0.05) is 12.0 Å². The third kappa shape index (κ3) is 2.39. The van der Waals surface area contributed by atoms with E-state index in [1.807, 2.05) is 24.3 Å². The van der Waals surface area contributed by atoms with Crippen LogP contribution in [-0.2, 0) is 6.42 Å². The van der Waals surface area contributed by atoms with Gasteiger partial charge in [-0.25, -0.2) is 4.98 Å². The van der Waals surface area contributed by atoms with Crippen molar-refractivity contribution in [2.45, 2.75) is 6.42 Å². The van der Waals surface area contributed by atoms with Gasteiger partial charge in [0.25, 0.3) is 0 Å². The average molecular weight is 271 g/mol. The van der Waals surface area contributed by atoms with Crippen LogP contribution in [0.25, 0.3) is 10.2 Å². The lowest BCUT2D eigenvalue weighted by atomic mass is 10.1. The predicted octanol–water partition coefficient (Wildman–Crippen LogP) is 3.60. The van der Waals surface area contributed by atoms with Crippen molar-refractivity contribution >= 4 is 21.6 Å². The van der Waals surface area contributed by atoms with E-state index in [9.17, 15) is 5.11 Å². The van der Waals surface area contributed by atoms with Crippen LogP contribution < -0.4 is 4.74 Å². The summed E-state index contributed by atoms with van der Waals surface area (Å²) in [5.41, 5.74) is 1.84. The molecule has 0 saturated heterocycles. The van der Waals surface area contributed by atoms with Crippen LogP contribution in [0.2, 0.25) is 0 Å². The van der Waals surface area contributed by atoms with Gasteiger partial charge in [0.05, 0.1) is 22.3 Å². The van der Waals surface area contributed by atoms with E-state index in [2.05, 4.69) is 11.1 Å². The molecule has 96 valence electrons. The second-order valence-electron chi connectivity index (χ2n) is 4.25. The Kier molecular flexibility index (Phi) is 3.09. The van der Waals surface area contributed by atoms with E-state index in [1.165, 1.54) is 4.70 Å². The van der Waals surface area contributed by atoms with Gasteiger partial charge in [-0.1, -0.05) is 12.1 Å². The number of aromatic nitrogens is 1. The molecule has 0 amide bonds. The zero-order valence-corrected chi connectivity index (χ0v) is 11.3. The van der Waals surface area contributed by atoms with E-state index in [0.717, 1.165) is 21.8 Å². The maximum Gasteiger partial charge on any atom is 0.119 e. The molecule has 0 atom stereocenters. The Balaban J connectivity index is 1.96. The number of ether oxygens (including phenoxy) is 1. The summed E-state index contributed by atoms with van der Waals surface area (Å²) >= 11 is 1.65. The molecule has 3 nitrogen and oxygen atoms in total. The zero-order valence-electron chi connectivity index (χ0n) is 10.5. The van der Waals surface area contributed by atoms with Crippen molar-refractivity contribution in [3.8, 4) is 11.5 Å². The number of methoxy groups -OCH3 is 1. The highest BCUT2D eigenvalue weighted by Gasteiger charge is 2.08. The third-order valence-corrected chi connectivity index (χ3v) is 4.00. The number of hydrogen-bond acceptors (Lipinski definition) is 4. The first-order valence-electron chi connectivity index (χ1n) is 5.96. The Bertz CT molecular complexity index is 688. The first-order valence-corrected chi connectivity index (χ1v) is 6.78. The minimum Gasteiger partial charge on any atom is -0.508 e. The topological polar surface area (TPSA) is 42.4 Å². The average Bonchev–Trinajstić information content (AvgIpc) is 2.83. The molecule has 0 aliphatic carbocycles. The van der Waals surface area contributed by atoms with Gasteiger partial charge in [-0.05, 0) is 30.3 Å². The van der Waals surface area contributed by atoms with Crippen molar-refractivity contribution in [2.24, 2.45) is 0 Å². The molecule has 0 fully saturated rings. The summed E-state index contributed by atoms with van der Waals surface area (Å²) in [6.45, 7) is 0. The SMILES string of the molecule is COc1ccc(O)c(Cc2nc3ccccc3s2)c1. The lowest BCUT2D eigenvalue weighted by Crippen LogP contribution is -1.90. The van der Waals surface area contributed by atoms with Crippen LogP contribution in [-0.4, -0.2) is 17.2 Å². The first-order chi connectivity index (χ1) is 9.26. The van der Waals surface area contributed by atoms with Crippen molar-refractivity contribution in [1.82, 2.24) is 4.98 Å². The Morgan fingerprint density at radius 1 is 1.21 bits per heavy atom. The molecule has 0 aliphatic rings. The molecule has 1 heterocycles. The summed E-state index contributed by atoms with van der Waals surface area (Å²) in [5.74, 6) is 1.02. The number of aromatic hydroxyl groups is 1. The van der Waals surface area contributed by atoms with Crippen LogP contribution in [0.3, 0.4) is 0 Å². The Morgan fingerprint density at radius 2 is 2.05 bits per heavy atom. The van der Waals surface area contributed by atoms with E-state index >= 15 is 0 Å². The van der Waals surface area contributed by atoms with Crippen molar-refractivity contribution in [3.63, 3.8) is 0 Å². The second kappa shape index (κ2) is 4.90. The fourth-order valence-corrected chi connectivity index (χ4v) is 2.98. The summed E-state index contributed by atoms with van der Waals surface area (Å²) in [7, 11) is 1.62. The molecule has 0 saturated carbocycles. The predicted molar refractivity (Wildman–Crippen MR) is 77.1 cm³/mol. The van der Waals surface area contributed by atoms with E-state index in [-0.39, 0.29) is 5.75 Å². The van der Waals surface area contributed by atoms with Crippen LogP contribution in [0, 0.1) is 0 Å². The largest absolute Gasteiger partial charge is 0.508 e. The quantitative estimate of drug-likeness (QED) is 0.791. The second-order valence-corrected chi connectivity index (χ2v) is 5.36. The van der Waals surface area contributed by atoms with Gasteiger partial charge in [-0.15, -0.1) is 11.3 Å². The number of nitrogens with zero attached hydrogens (tertiary/aromatic N) is 1. The van der Waals surface area contributed by atoms with Gasteiger partial charge < -0.3 is 9.84 Å². The molecule has 3 rings (SSSR count). The van der Waals surface area contributed by atoms with Crippen LogP contribution in [0.1, 0.15) is 10.6 Å². The summed E-state index contributed by atoms with van der Waals surface area (Å²) < 4.78 is 6.34. The minimum atomic E-state index is 0.278. The molecule has 4 heteroatoms. The summed E-state index contributed by atoms with van der Waals surface area (Å²) in [5, 5.41) is 10.9. The molecule has 3 aromatic rings. The van der Waals surface area contributed by atoms with E-state index in [0.29, 0.717) is 6.42 Å². The highest BCUT2D eigenvalue weighted by molar-refractivity contribution is 7.18. The van der Waals surface area contributed by atoms with Gasteiger partial charge in [0.1, 0.15) is 11.5 Å². The van der Waals surface area contributed by atoms with E-state index in [4.69, 9.17) is 4.74 Å². The molecule has 0 radical (unpaired) electrons. The highest BCUT2D eigenvalue weighted by atomic mass is 32.1. The Labute approximate surface area is 115 Å². The van der Waals surface area contributed by atoms with Crippen LogP contribution in [0.4, 0.5) is 0 Å². The van der Waals surface area contributed by atoms with Crippen LogP contribution in [0.15, 0.2) is 42.5 Å². The number of thiazole rings is 1. The van der Waals surface area contributed by atoms with Crippen molar-refractivity contribution in [1.29, 1.82) is 0 Å². The molecular weight excluding hydrogens is 258 g/mol. The Morgan fingerprint density at radius 3 is 2.84 bits per heavy atom. The maximum absolute atomic E-state index is 9.89.